The highest BCUT2D eigenvalue weighted by Crippen LogP contribution is 2.28. The van der Waals surface area contributed by atoms with Crippen LogP contribution >= 0.6 is 11.8 Å². The second-order valence-electron chi connectivity index (χ2n) is 9.00. The number of thioether (sulfide) groups is 1. The van der Waals surface area contributed by atoms with Crippen molar-refractivity contribution < 1.29 is 4.79 Å². The third kappa shape index (κ3) is 5.26. The molecule has 1 saturated carbocycles. The molecular formula is C24H31N5OS. The zero-order valence-corrected chi connectivity index (χ0v) is 19.6. The third-order valence-electron chi connectivity index (χ3n) is 6.13. The van der Waals surface area contributed by atoms with E-state index in [1.54, 1.807) is 4.52 Å². The Hall–Kier alpha value is -2.41. The average Bonchev–Trinajstić information content (AvgIpc) is 3.12. The van der Waals surface area contributed by atoms with Crippen molar-refractivity contribution in [2.24, 2.45) is 11.8 Å². The Morgan fingerprint density at radius 2 is 1.81 bits per heavy atom. The second kappa shape index (κ2) is 9.39. The van der Waals surface area contributed by atoms with E-state index in [1.165, 1.54) is 29.3 Å². The molecule has 0 saturated heterocycles. The maximum atomic E-state index is 12.5. The van der Waals surface area contributed by atoms with Gasteiger partial charge in [0, 0.05) is 23.9 Å². The highest BCUT2D eigenvalue weighted by molar-refractivity contribution is 7.99. The largest absolute Gasteiger partial charge is 0.353 e. The van der Waals surface area contributed by atoms with E-state index in [1.807, 2.05) is 13.0 Å². The molecule has 1 aliphatic carbocycles. The number of rotatable bonds is 6. The van der Waals surface area contributed by atoms with Crippen LogP contribution in [0, 0.1) is 25.7 Å². The number of aryl methyl sites for hydroxylation is 2. The minimum Gasteiger partial charge on any atom is -0.353 e. The number of hydrogen-bond acceptors (Lipinski definition) is 5. The summed E-state index contributed by atoms with van der Waals surface area (Å²) >= 11 is 1.37. The molecule has 164 valence electrons. The highest BCUT2D eigenvalue weighted by atomic mass is 32.2. The molecule has 0 radical (unpaired) electrons. The number of aromatic nitrogens is 4. The van der Waals surface area contributed by atoms with Crippen LogP contribution in [0.2, 0.25) is 0 Å². The standard InChI is InChI=1S/C24H31N5OS/c1-15-10-16(2)12-20(11-15)26-22(30)14-31-24-27-23-25-17(3)21(18(4)29(23)28-24)13-19-8-6-5-7-9-19/h5-9,15-16,20H,10-14H2,1-4H3,(H,26,30)/t15-,16-/m0/s1. The maximum Gasteiger partial charge on any atom is 0.253 e. The Bertz CT molecular complexity index is 1050. The summed E-state index contributed by atoms with van der Waals surface area (Å²) in [5.41, 5.74) is 4.42. The quantitative estimate of drug-likeness (QED) is 0.580. The molecule has 0 bridgehead atoms. The lowest BCUT2D eigenvalue weighted by Gasteiger charge is -2.31. The molecule has 0 spiro atoms. The van der Waals surface area contributed by atoms with Crippen LogP contribution < -0.4 is 5.32 Å². The predicted molar refractivity (Wildman–Crippen MR) is 124 cm³/mol. The lowest BCUT2D eigenvalue weighted by molar-refractivity contribution is -0.119. The van der Waals surface area contributed by atoms with Crippen LogP contribution in [0.25, 0.3) is 5.78 Å². The van der Waals surface area contributed by atoms with Crippen molar-refractivity contribution in [1.29, 1.82) is 0 Å². The van der Waals surface area contributed by atoms with Gasteiger partial charge in [0.15, 0.2) is 0 Å². The molecule has 2 heterocycles. The SMILES string of the molecule is Cc1nc2nc(SCC(=O)NC3C[C@@H](C)C[C@H](C)C3)nn2c(C)c1Cc1ccccc1. The summed E-state index contributed by atoms with van der Waals surface area (Å²) < 4.78 is 1.80. The van der Waals surface area contributed by atoms with Gasteiger partial charge < -0.3 is 5.32 Å². The van der Waals surface area contributed by atoms with Crippen molar-refractivity contribution in [3.8, 4) is 0 Å². The molecule has 4 rings (SSSR count). The summed E-state index contributed by atoms with van der Waals surface area (Å²) in [6, 6.07) is 10.7. The summed E-state index contributed by atoms with van der Waals surface area (Å²) in [6.07, 6.45) is 4.20. The lowest BCUT2D eigenvalue weighted by Crippen LogP contribution is -2.40. The average molecular weight is 438 g/mol. The van der Waals surface area contributed by atoms with Crippen LogP contribution in [0.4, 0.5) is 0 Å². The van der Waals surface area contributed by atoms with Gasteiger partial charge in [-0.25, -0.2) is 9.50 Å². The smallest absolute Gasteiger partial charge is 0.253 e. The van der Waals surface area contributed by atoms with Crippen molar-refractivity contribution >= 4 is 23.4 Å². The Labute approximate surface area is 188 Å². The fraction of sp³-hybridized carbons (Fsp3) is 0.500. The monoisotopic (exact) mass is 437 g/mol. The van der Waals surface area contributed by atoms with Crippen molar-refractivity contribution in [3.63, 3.8) is 0 Å². The molecular weight excluding hydrogens is 406 g/mol. The number of benzene rings is 1. The zero-order valence-electron chi connectivity index (χ0n) is 18.8. The van der Waals surface area contributed by atoms with Crippen LogP contribution in [0.1, 0.15) is 55.6 Å². The van der Waals surface area contributed by atoms with Crippen LogP contribution in [-0.4, -0.2) is 37.3 Å². The number of hydrogen-bond donors (Lipinski definition) is 1. The molecule has 2 aromatic heterocycles. The molecule has 7 heteroatoms. The zero-order chi connectivity index (χ0) is 22.0. The van der Waals surface area contributed by atoms with Crippen molar-refractivity contribution in [1.82, 2.24) is 24.9 Å². The number of nitrogens with zero attached hydrogens (tertiary/aromatic N) is 4. The highest BCUT2D eigenvalue weighted by Gasteiger charge is 2.25. The molecule has 31 heavy (non-hydrogen) atoms. The lowest BCUT2D eigenvalue weighted by atomic mass is 9.80. The van der Waals surface area contributed by atoms with E-state index in [0.717, 1.165) is 30.7 Å². The Morgan fingerprint density at radius 1 is 1.10 bits per heavy atom. The van der Waals surface area contributed by atoms with Gasteiger partial charge in [0.05, 0.1) is 5.75 Å². The summed E-state index contributed by atoms with van der Waals surface area (Å²) in [5, 5.41) is 8.42. The first-order chi connectivity index (χ1) is 14.9. The van der Waals surface area contributed by atoms with Gasteiger partial charge in [0.1, 0.15) is 0 Å². The van der Waals surface area contributed by atoms with Crippen LogP contribution in [0.5, 0.6) is 0 Å². The van der Waals surface area contributed by atoms with Gasteiger partial charge in [-0.3, -0.25) is 4.79 Å². The Morgan fingerprint density at radius 3 is 2.52 bits per heavy atom. The maximum absolute atomic E-state index is 12.5. The van der Waals surface area contributed by atoms with Gasteiger partial charge >= 0.3 is 0 Å². The molecule has 0 aliphatic heterocycles. The predicted octanol–water partition coefficient (Wildman–Crippen LogP) is 4.36. The fourth-order valence-electron chi connectivity index (χ4n) is 4.77. The van der Waals surface area contributed by atoms with E-state index in [0.29, 0.717) is 28.5 Å². The molecule has 0 unspecified atom stereocenters. The van der Waals surface area contributed by atoms with Gasteiger partial charge in [0.2, 0.25) is 11.1 Å². The fourth-order valence-corrected chi connectivity index (χ4v) is 5.40. The molecule has 1 N–H and O–H groups in total. The van der Waals surface area contributed by atoms with Gasteiger partial charge in [-0.05, 0) is 56.1 Å². The summed E-state index contributed by atoms with van der Waals surface area (Å²) in [6.45, 7) is 8.62. The molecule has 3 aromatic rings. The van der Waals surface area contributed by atoms with E-state index < -0.39 is 0 Å². The van der Waals surface area contributed by atoms with Crippen LogP contribution in [0.3, 0.4) is 0 Å². The van der Waals surface area contributed by atoms with Gasteiger partial charge in [0.25, 0.3) is 5.78 Å². The van der Waals surface area contributed by atoms with Crippen molar-refractivity contribution in [2.45, 2.75) is 64.6 Å². The first-order valence-electron chi connectivity index (χ1n) is 11.1. The first kappa shape index (κ1) is 21.8. The number of amides is 1. The Balaban J connectivity index is 1.43. The van der Waals surface area contributed by atoms with Crippen molar-refractivity contribution in [3.05, 3.63) is 52.8 Å². The summed E-state index contributed by atoms with van der Waals surface area (Å²) in [7, 11) is 0. The normalized spacial score (nSPS) is 21.4. The summed E-state index contributed by atoms with van der Waals surface area (Å²) in [5.74, 6) is 2.31. The molecule has 1 aromatic carbocycles. The van der Waals surface area contributed by atoms with E-state index in [2.05, 4.69) is 65.4 Å². The number of fused-ring (bicyclic) bond motifs is 1. The third-order valence-corrected chi connectivity index (χ3v) is 6.97. The number of nitrogens with one attached hydrogen (secondary N) is 1. The minimum atomic E-state index is 0.0563. The molecule has 6 nitrogen and oxygen atoms in total. The van der Waals surface area contributed by atoms with Crippen LogP contribution in [-0.2, 0) is 11.2 Å². The van der Waals surface area contributed by atoms with E-state index in [4.69, 9.17) is 0 Å². The van der Waals surface area contributed by atoms with Gasteiger partial charge in [-0.2, -0.15) is 4.98 Å². The van der Waals surface area contributed by atoms with E-state index >= 15 is 0 Å². The molecule has 1 amide bonds. The van der Waals surface area contributed by atoms with Gasteiger partial charge in [-0.15, -0.1) is 5.10 Å². The molecule has 1 fully saturated rings. The summed E-state index contributed by atoms with van der Waals surface area (Å²) in [4.78, 5) is 21.7. The molecule has 1 aliphatic rings. The minimum absolute atomic E-state index is 0.0563. The van der Waals surface area contributed by atoms with E-state index in [-0.39, 0.29) is 11.9 Å². The molecule has 2 atom stereocenters. The number of carbonyl (C=O) groups excluding carboxylic acids is 1. The van der Waals surface area contributed by atoms with Crippen molar-refractivity contribution in [2.75, 3.05) is 5.75 Å². The first-order valence-corrected chi connectivity index (χ1v) is 12.1. The number of carbonyl (C=O) groups is 1. The van der Waals surface area contributed by atoms with Gasteiger partial charge in [-0.1, -0.05) is 55.9 Å². The topological polar surface area (TPSA) is 72.2 Å². The Kier molecular flexibility index (Phi) is 6.60. The second-order valence-corrected chi connectivity index (χ2v) is 9.94. The van der Waals surface area contributed by atoms with E-state index in [9.17, 15) is 4.79 Å². The van der Waals surface area contributed by atoms with Crippen LogP contribution in [0.15, 0.2) is 35.5 Å².